The zero-order chi connectivity index (χ0) is 38.6. The molecule has 2 heterocycles. The Balaban J connectivity index is 1.31. The van der Waals surface area contributed by atoms with Crippen LogP contribution in [0.2, 0.25) is 5.02 Å². The maximum Gasteiger partial charge on any atom is 0.360 e. The molecule has 0 aliphatic rings. The standard InChI is InChI=1S/C36H22ClFN6O9S/c1-51-28-18-24(52-33-31(35(45)46)39-42-40-33)16-22(30(28)37)13-11-21-9-6-10-23(15-21)44-32(36(47)48)34(41-43-44)53-25-17-27(38)26(29(19-25)54(2,49)50)14-12-20-7-4-3-5-8-20/h3-10,15-19H,1-2H3,(H,45,46)(H,47,48)(H,39,40,42). The van der Waals surface area contributed by atoms with Gasteiger partial charge in [-0.25, -0.2) is 32.2 Å². The molecule has 6 rings (SSSR count). The van der Waals surface area contributed by atoms with Crippen LogP contribution < -0.4 is 14.2 Å². The summed E-state index contributed by atoms with van der Waals surface area (Å²) in [4.78, 5) is 23.4. The first kappa shape index (κ1) is 36.6. The average molecular weight is 769 g/mol. The molecule has 0 saturated carbocycles. The maximum atomic E-state index is 15.4. The minimum Gasteiger partial charge on any atom is -0.495 e. The van der Waals surface area contributed by atoms with Gasteiger partial charge >= 0.3 is 11.9 Å². The van der Waals surface area contributed by atoms with E-state index in [1.807, 2.05) is 0 Å². The first-order chi connectivity index (χ1) is 25.8. The molecule has 15 nitrogen and oxygen atoms in total. The van der Waals surface area contributed by atoms with E-state index in [0.717, 1.165) is 23.1 Å². The van der Waals surface area contributed by atoms with Crippen molar-refractivity contribution in [3.8, 4) is 58.4 Å². The Bertz CT molecular complexity index is 2700. The van der Waals surface area contributed by atoms with Crippen molar-refractivity contribution in [2.45, 2.75) is 4.90 Å². The van der Waals surface area contributed by atoms with Crippen molar-refractivity contribution in [3.05, 3.63) is 123 Å². The van der Waals surface area contributed by atoms with Crippen molar-refractivity contribution in [2.75, 3.05) is 13.4 Å². The number of carboxylic acid groups (broad SMARTS) is 2. The molecule has 0 aliphatic heterocycles. The van der Waals surface area contributed by atoms with Crippen LogP contribution in [0.1, 0.15) is 43.2 Å². The van der Waals surface area contributed by atoms with Crippen molar-refractivity contribution in [1.29, 1.82) is 0 Å². The number of methoxy groups -OCH3 is 1. The lowest BCUT2D eigenvalue weighted by Crippen LogP contribution is -2.09. The van der Waals surface area contributed by atoms with E-state index in [0.29, 0.717) is 11.1 Å². The first-order valence-electron chi connectivity index (χ1n) is 15.1. The molecule has 0 radical (unpaired) electrons. The lowest BCUT2D eigenvalue weighted by Gasteiger charge is -2.09. The van der Waals surface area contributed by atoms with Gasteiger partial charge < -0.3 is 24.4 Å². The van der Waals surface area contributed by atoms with E-state index in [4.69, 9.17) is 25.8 Å². The van der Waals surface area contributed by atoms with Crippen LogP contribution in [0.25, 0.3) is 5.69 Å². The van der Waals surface area contributed by atoms with Gasteiger partial charge in [-0.2, -0.15) is 0 Å². The van der Waals surface area contributed by atoms with Crippen LogP contribution in [0.4, 0.5) is 4.39 Å². The van der Waals surface area contributed by atoms with Crippen molar-refractivity contribution >= 4 is 33.4 Å². The Morgan fingerprint density at radius 2 is 1.56 bits per heavy atom. The quantitative estimate of drug-likeness (QED) is 0.158. The number of aromatic nitrogens is 6. The molecular formula is C36H22ClFN6O9S. The average Bonchev–Trinajstić information content (AvgIpc) is 3.79. The van der Waals surface area contributed by atoms with E-state index in [2.05, 4.69) is 49.4 Å². The molecule has 4 aromatic carbocycles. The van der Waals surface area contributed by atoms with Gasteiger partial charge in [0.15, 0.2) is 9.84 Å². The number of carbonyl (C=O) groups is 2. The van der Waals surface area contributed by atoms with E-state index in [1.165, 1.54) is 31.4 Å². The second-order valence-corrected chi connectivity index (χ2v) is 13.3. The molecule has 0 saturated heterocycles. The Hall–Kier alpha value is -7.21. The highest BCUT2D eigenvalue weighted by Gasteiger charge is 2.25. The summed E-state index contributed by atoms with van der Waals surface area (Å²) < 4.78 is 58.1. The number of ether oxygens (including phenoxy) is 3. The number of halogens is 2. The summed E-state index contributed by atoms with van der Waals surface area (Å²) in [5.74, 6) is 6.19. The van der Waals surface area contributed by atoms with Gasteiger partial charge in [0.2, 0.25) is 11.4 Å². The van der Waals surface area contributed by atoms with Crippen molar-refractivity contribution in [2.24, 2.45) is 0 Å². The number of sulfone groups is 1. The molecule has 54 heavy (non-hydrogen) atoms. The molecule has 0 fully saturated rings. The minimum absolute atomic E-state index is 0.0882. The van der Waals surface area contributed by atoms with Gasteiger partial charge in [0.1, 0.15) is 23.1 Å². The van der Waals surface area contributed by atoms with Crippen molar-refractivity contribution < 1.29 is 46.8 Å². The van der Waals surface area contributed by atoms with Crippen LogP contribution in [0.15, 0.2) is 83.8 Å². The van der Waals surface area contributed by atoms with Gasteiger partial charge in [0.05, 0.1) is 33.8 Å². The first-order valence-corrected chi connectivity index (χ1v) is 17.4. The van der Waals surface area contributed by atoms with Crippen molar-refractivity contribution in [3.63, 3.8) is 0 Å². The summed E-state index contributed by atoms with van der Waals surface area (Å²) in [6, 6.07) is 19.4. The second-order valence-electron chi connectivity index (χ2n) is 10.9. The molecule has 270 valence electrons. The molecule has 0 spiro atoms. The zero-order valence-electron chi connectivity index (χ0n) is 27.7. The third kappa shape index (κ3) is 7.97. The summed E-state index contributed by atoms with van der Waals surface area (Å²) in [6.07, 6.45) is 0.874. The number of aromatic carboxylic acids is 2. The van der Waals surface area contributed by atoms with Crippen LogP contribution in [0.5, 0.6) is 29.0 Å². The third-order valence-corrected chi connectivity index (χ3v) is 8.71. The van der Waals surface area contributed by atoms with E-state index in [-0.39, 0.29) is 45.1 Å². The van der Waals surface area contributed by atoms with Gasteiger partial charge in [-0.15, -0.1) is 0 Å². The minimum atomic E-state index is -4.04. The second kappa shape index (κ2) is 15.2. The molecular weight excluding hydrogens is 747 g/mol. The smallest absolute Gasteiger partial charge is 0.360 e. The highest BCUT2D eigenvalue weighted by Crippen LogP contribution is 2.35. The largest absolute Gasteiger partial charge is 0.495 e. The Morgan fingerprint density at radius 1 is 0.852 bits per heavy atom. The SMILES string of the molecule is COc1cc(Oc2nn[nH]c2C(=O)O)cc(C#Cc2cccc(-n3nnc(Oc4cc(F)c(C#Cc5ccccc5)c(S(C)(=O)=O)c4)c3C(=O)O)c2)c1Cl. The summed E-state index contributed by atoms with van der Waals surface area (Å²) in [7, 11) is -2.68. The number of hydrogen-bond donors (Lipinski definition) is 3. The highest BCUT2D eigenvalue weighted by atomic mass is 35.5. The van der Waals surface area contributed by atoms with Crippen LogP contribution in [-0.2, 0) is 9.84 Å². The fourth-order valence-corrected chi connectivity index (χ4v) is 5.85. The molecule has 2 aromatic heterocycles. The lowest BCUT2D eigenvalue weighted by molar-refractivity contribution is 0.0674. The fourth-order valence-electron chi connectivity index (χ4n) is 4.76. The predicted molar refractivity (Wildman–Crippen MR) is 188 cm³/mol. The van der Waals surface area contributed by atoms with Crippen molar-refractivity contribution in [1.82, 2.24) is 30.4 Å². The summed E-state index contributed by atoms with van der Waals surface area (Å²) in [5, 5.41) is 36.6. The van der Waals surface area contributed by atoms with E-state index >= 15 is 4.39 Å². The number of carboxylic acids is 2. The van der Waals surface area contributed by atoms with Gasteiger partial charge in [0.25, 0.3) is 11.8 Å². The number of hydrogen-bond acceptors (Lipinski definition) is 11. The fraction of sp³-hybridized carbons (Fsp3) is 0.0556. The third-order valence-electron chi connectivity index (χ3n) is 7.20. The number of nitrogens with one attached hydrogen (secondary N) is 1. The molecule has 18 heteroatoms. The Labute approximate surface area is 309 Å². The Kier molecular flexibility index (Phi) is 10.3. The van der Waals surface area contributed by atoms with Crippen LogP contribution in [0.3, 0.4) is 0 Å². The van der Waals surface area contributed by atoms with E-state index < -0.39 is 49.6 Å². The van der Waals surface area contributed by atoms with Crippen LogP contribution in [0, 0.1) is 29.5 Å². The van der Waals surface area contributed by atoms with Gasteiger partial charge in [-0.1, -0.05) is 80.2 Å². The van der Waals surface area contributed by atoms with Crippen LogP contribution in [-0.4, -0.2) is 74.3 Å². The molecule has 0 unspecified atom stereocenters. The molecule has 3 N–H and O–H groups in total. The van der Waals surface area contributed by atoms with Gasteiger partial charge in [-0.3, -0.25) is 0 Å². The topological polar surface area (TPSA) is 209 Å². The number of rotatable bonds is 9. The predicted octanol–water partition coefficient (Wildman–Crippen LogP) is 5.37. The van der Waals surface area contributed by atoms with E-state index in [9.17, 15) is 28.2 Å². The summed E-state index contributed by atoms with van der Waals surface area (Å²) in [6.45, 7) is 0. The summed E-state index contributed by atoms with van der Waals surface area (Å²) in [5.41, 5.74) is -0.0558. The molecule has 6 aromatic rings. The molecule has 0 amide bonds. The van der Waals surface area contributed by atoms with E-state index in [1.54, 1.807) is 42.5 Å². The van der Waals surface area contributed by atoms with Gasteiger partial charge in [0, 0.05) is 35.6 Å². The molecule has 0 aliphatic carbocycles. The monoisotopic (exact) mass is 768 g/mol. The molecule has 0 atom stereocenters. The zero-order valence-corrected chi connectivity index (χ0v) is 29.2. The normalized spacial score (nSPS) is 10.7. The summed E-state index contributed by atoms with van der Waals surface area (Å²) >= 11 is 6.48. The van der Waals surface area contributed by atoms with Crippen LogP contribution >= 0.6 is 11.6 Å². The maximum absolute atomic E-state index is 15.4. The number of aromatic amines is 1. The lowest BCUT2D eigenvalue weighted by atomic mass is 10.1. The Morgan fingerprint density at radius 3 is 2.26 bits per heavy atom. The molecule has 0 bridgehead atoms. The van der Waals surface area contributed by atoms with Gasteiger partial charge in [-0.05, 0) is 36.4 Å². The number of nitrogens with zero attached hydrogens (tertiary/aromatic N) is 5. The highest BCUT2D eigenvalue weighted by molar-refractivity contribution is 7.90. The number of H-pyrrole nitrogens is 1. The number of benzene rings is 4.